The van der Waals surface area contributed by atoms with E-state index in [2.05, 4.69) is 15.5 Å². The van der Waals surface area contributed by atoms with E-state index in [1.165, 1.54) is 9.58 Å². The lowest BCUT2D eigenvalue weighted by Gasteiger charge is -2.34. The number of hydrogen-bond acceptors (Lipinski definition) is 7. The maximum atomic E-state index is 12.4. The fourth-order valence-electron chi connectivity index (χ4n) is 2.49. The van der Waals surface area contributed by atoms with Crippen molar-refractivity contribution in [2.75, 3.05) is 37.4 Å². The van der Waals surface area contributed by atoms with Crippen molar-refractivity contribution >= 4 is 23.5 Å². The number of hydrogen-bond donors (Lipinski definition) is 1. The molecule has 0 aliphatic carbocycles. The van der Waals surface area contributed by atoms with Crippen LogP contribution in [0.3, 0.4) is 0 Å². The number of ether oxygens (including phenoxy) is 1. The molecule has 0 saturated carbocycles. The fraction of sp³-hybridized carbons (Fsp3) is 0.357. The summed E-state index contributed by atoms with van der Waals surface area (Å²) in [4.78, 5) is 27.8. The zero-order chi connectivity index (χ0) is 17.1. The van der Waals surface area contributed by atoms with Crippen LogP contribution < -0.4 is 15.4 Å². The third kappa shape index (κ3) is 3.12. The average Bonchev–Trinajstić information content (AvgIpc) is 2.99. The van der Waals surface area contributed by atoms with E-state index in [1.54, 1.807) is 18.1 Å². The Labute approximate surface area is 137 Å². The topological polar surface area (TPSA) is 119 Å². The molecule has 0 radical (unpaired) electrons. The maximum absolute atomic E-state index is 12.4. The first kappa shape index (κ1) is 15.7. The SMILES string of the molecule is COc1cccc(N2CCN(C(=O)Cn3nnnc3N)CC2=O)c1. The number of nitrogens with two attached hydrogens (primary N) is 1. The number of piperazine rings is 1. The second-order valence-corrected chi connectivity index (χ2v) is 5.26. The number of carbonyl (C=O) groups excluding carboxylic acids is 2. The molecular formula is C14H17N7O3. The number of nitrogen functional groups attached to an aromatic ring is 1. The lowest BCUT2D eigenvalue weighted by Crippen LogP contribution is -2.53. The molecule has 1 aliphatic rings. The molecule has 2 N–H and O–H groups in total. The van der Waals surface area contributed by atoms with E-state index >= 15 is 0 Å². The number of aromatic nitrogens is 4. The molecule has 10 nitrogen and oxygen atoms in total. The summed E-state index contributed by atoms with van der Waals surface area (Å²) in [6.45, 7) is 0.732. The standard InChI is InChI=1S/C14H17N7O3/c1-24-11-4-2-3-10(7-11)20-6-5-19(8-13(20)23)12(22)9-21-14(15)16-17-18-21/h2-4,7H,5-6,8-9H2,1H3,(H2,15,16,18). The lowest BCUT2D eigenvalue weighted by molar-refractivity contribution is -0.137. The molecule has 3 rings (SSSR count). The first-order chi connectivity index (χ1) is 11.6. The summed E-state index contributed by atoms with van der Waals surface area (Å²) in [5.74, 6) is 0.317. The van der Waals surface area contributed by atoms with Crippen LogP contribution in [-0.2, 0) is 16.1 Å². The van der Waals surface area contributed by atoms with Crippen LogP contribution in [0.25, 0.3) is 0 Å². The first-order valence-electron chi connectivity index (χ1n) is 7.32. The van der Waals surface area contributed by atoms with Gasteiger partial charge in [0.2, 0.25) is 17.8 Å². The number of methoxy groups -OCH3 is 1. The van der Waals surface area contributed by atoms with Gasteiger partial charge in [-0.05, 0) is 22.6 Å². The van der Waals surface area contributed by atoms with Gasteiger partial charge in [-0.1, -0.05) is 11.2 Å². The second kappa shape index (κ2) is 6.52. The highest BCUT2D eigenvalue weighted by atomic mass is 16.5. The molecule has 10 heteroatoms. The van der Waals surface area contributed by atoms with Crippen molar-refractivity contribution in [2.45, 2.75) is 6.54 Å². The van der Waals surface area contributed by atoms with Crippen molar-refractivity contribution in [1.29, 1.82) is 0 Å². The maximum Gasteiger partial charge on any atom is 0.246 e. The summed E-state index contributed by atoms with van der Waals surface area (Å²) < 4.78 is 6.37. The van der Waals surface area contributed by atoms with Gasteiger partial charge in [0.1, 0.15) is 18.8 Å². The van der Waals surface area contributed by atoms with Crippen LogP contribution >= 0.6 is 0 Å². The van der Waals surface area contributed by atoms with E-state index in [4.69, 9.17) is 10.5 Å². The van der Waals surface area contributed by atoms with E-state index in [-0.39, 0.29) is 30.9 Å². The minimum Gasteiger partial charge on any atom is -0.497 e. The largest absolute Gasteiger partial charge is 0.497 e. The molecule has 0 spiro atoms. The Bertz CT molecular complexity index is 760. The predicted octanol–water partition coefficient (Wildman–Crippen LogP) is -0.861. The highest BCUT2D eigenvalue weighted by Gasteiger charge is 2.28. The van der Waals surface area contributed by atoms with E-state index < -0.39 is 0 Å². The Morgan fingerprint density at radius 3 is 2.88 bits per heavy atom. The molecule has 1 aromatic carbocycles. The number of nitrogens with zero attached hydrogens (tertiary/aromatic N) is 6. The van der Waals surface area contributed by atoms with Crippen LogP contribution in [0.1, 0.15) is 0 Å². The summed E-state index contributed by atoms with van der Waals surface area (Å²) in [6, 6.07) is 7.25. The van der Waals surface area contributed by atoms with Crippen molar-refractivity contribution in [1.82, 2.24) is 25.1 Å². The van der Waals surface area contributed by atoms with Crippen molar-refractivity contribution in [3.63, 3.8) is 0 Å². The summed E-state index contributed by atoms with van der Waals surface area (Å²) in [5.41, 5.74) is 6.29. The van der Waals surface area contributed by atoms with Gasteiger partial charge in [0.05, 0.1) is 7.11 Å². The molecular weight excluding hydrogens is 314 g/mol. The second-order valence-electron chi connectivity index (χ2n) is 5.26. The molecule has 1 saturated heterocycles. The highest BCUT2D eigenvalue weighted by Crippen LogP contribution is 2.22. The minimum atomic E-state index is -0.257. The van der Waals surface area contributed by atoms with Gasteiger partial charge in [0, 0.05) is 24.8 Å². The molecule has 0 bridgehead atoms. The van der Waals surface area contributed by atoms with Crippen molar-refractivity contribution < 1.29 is 14.3 Å². The summed E-state index contributed by atoms with van der Waals surface area (Å²) >= 11 is 0. The zero-order valence-electron chi connectivity index (χ0n) is 13.1. The Hall–Kier alpha value is -3.17. The van der Waals surface area contributed by atoms with Crippen molar-refractivity contribution in [3.05, 3.63) is 24.3 Å². The number of carbonyl (C=O) groups is 2. The molecule has 126 valence electrons. The summed E-state index contributed by atoms with van der Waals surface area (Å²) in [5, 5.41) is 10.5. The van der Waals surface area contributed by atoms with Crippen LogP contribution in [0, 0.1) is 0 Å². The number of anilines is 2. The molecule has 1 fully saturated rings. The van der Waals surface area contributed by atoms with E-state index in [9.17, 15) is 9.59 Å². The molecule has 2 heterocycles. The third-order valence-electron chi connectivity index (χ3n) is 3.78. The number of benzene rings is 1. The normalized spacial score (nSPS) is 14.8. The minimum absolute atomic E-state index is 0.00191. The van der Waals surface area contributed by atoms with Gasteiger partial charge < -0.3 is 20.3 Å². The van der Waals surface area contributed by atoms with Crippen LogP contribution in [0.2, 0.25) is 0 Å². The highest BCUT2D eigenvalue weighted by molar-refractivity contribution is 5.98. The van der Waals surface area contributed by atoms with E-state index in [0.29, 0.717) is 18.8 Å². The molecule has 0 atom stereocenters. The predicted molar refractivity (Wildman–Crippen MR) is 84.2 cm³/mol. The van der Waals surface area contributed by atoms with E-state index in [0.717, 1.165) is 5.69 Å². The Morgan fingerprint density at radius 2 is 2.21 bits per heavy atom. The summed E-state index contributed by atoms with van der Waals surface area (Å²) in [7, 11) is 1.57. The summed E-state index contributed by atoms with van der Waals surface area (Å²) in [6.07, 6.45) is 0. The van der Waals surface area contributed by atoms with Crippen LogP contribution in [-0.4, -0.2) is 63.7 Å². The van der Waals surface area contributed by atoms with Crippen LogP contribution in [0.5, 0.6) is 5.75 Å². The van der Waals surface area contributed by atoms with Gasteiger partial charge in [-0.2, -0.15) is 0 Å². The number of rotatable bonds is 4. The van der Waals surface area contributed by atoms with Gasteiger partial charge in [-0.25, -0.2) is 4.68 Å². The first-order valence-corrected chi connectivity index (χ1v) is 7.32. The molecule has 0 unspecified atom stereocenters. The smallest absolute Gasteiger partial charge is 0.246 e. The van der Waals surface area contributed by atoms with Gasteiger partial charge in [-0.3, -0.25) is 9.59 Å². The Balaban J connectivity index is 1.65. The molecule has 2 amide bonds. The monoisotopic (exact) mass is 331 g/mol. The number of tetrazole rings is 1. The molecule has 2 aromatic rings. The molecule has 1 aliphatic heterocycles. The zero-order valence-corrected chi connectivity index (χ0v) is 13.1. The van der Waals surface area contributed by atoms with Gasteiger partial charge in [-0.15, -0.1) is 0 Å². The van der Waals surface area contributed by atoms with Crippen LogP contribution in [0.15, 0.2) is 24.3 Å². The average molecular weight is 331 g/mol. The fourth-order valence-corrected chi connectivity index (χ4v) is 2.49. The Kier molecular flexibility index (Phi) is 4.27. The van der Waals surface area contributed by atoms with Gasteiger partial charge >= 0.3 is 0 Å². The quantitative estimate of drug-likeness (QED) is 0.774. The number of amides is 2. The molecule has 24 heavy (non-hydrogen) atoms. The lowest BCUT2D eigenvalue weighted by atomic mass is 10.2. The van der Waals surface area contributed by atoms with Crippen molar-refractivity contribution in [3.8, 4) is 5.75 Å². The third-order valence-corrected chi connectivity index (χ3v) is 3.78. The van der Waals surface area contributed by atoms with Crippen molar-refractivity contribution in [2.24, 2.45) is 0 Å². The van der Waals surface area contributed by atoms with Crippen LogP contribution in [0.4, 0.5) is 11.6 Å². The van der Waals surface area contributed by atoms with E-state index in [1.807, 2.05) is 18.2 Å². The van der Waals surface area contributed by atoms with Gasteiger partial charge in [0.15, 0.2) is 0 Å². The molecule has 1 aromatic heterocycles. The van der Waals surface area contributed by atoms with Gasteiger partial charge in [0.25, 0.3) is 0 Å². The Morgan fingerprint density at radius 1 is 1.38 bits per heavy atom.